The van der Waals surface area contributed by atoms with Gasteiger partial charge in [0.25, 0.3) is 0 Å². The number of likely N-dealkylation sites (tertiary alicyclic amines) is 1. The summed E-state index contributed by atoms with van der Waals surface area (Å²) in [6.07, 6.45) is 2.48. The topological polar surface area (TPSA) is 52.7 Å². The number of halogens is 2. The molecule has 1 saturated heterocycles. The number of hydrogen-bond donors (Lipinski definition) is 1. The van der Waals surface area contributed by atoms with Crippen molar-refractivity contribution in [2.45, 2.75) is 37.2 Å². The average Bonchev–Trinajstić information content (AvgIpc) is 2.91. The van der Waals surface area contributed by atoms with Gasteiger partial charge in [-0.3, -0.25) is 4.90 Å². The van der Waals surface area contributed by atoms with E-state index in [2.05, 4.69) is 35.5 Å². The highest BCUT2D eigenvalue weighted by Gasteiger charge is 2.33. The molecule has 2 atom stereocenters. The third-order valence-corrected chi connectivity index (χ3v) is 6.14. The zero-order chi connectivity index (χ0) is 17.0. The van der Waals surface area contributed by atoms with Crippen molar-refractivity contribution in [3.63, 3.8) is 0 Å². The SMILES string of the molecule is CCC[C@H]1CN(Cc2ccc(S(=O)(=O)NC)cc2)C[C@@H]1N(C)C.Cl.Cl. The maximum absolute atomic E-state index is 11.8. The summed E-state index contributed by atoms with van der Waals surface area (Å²) in [6, 6.07) is 7.82. The van der Waals surface area contributed by atoms with Crippen LogP contribution in [0, 0.1) is 5.92 Å². The summed E-state index contributed by atoms with van der Waals surface area (Å²) in [7, 11) is 2.41. The van der Waals surface area contributed by atoms with Crippen molar-refractivity contribution in [1.29, 1.82) is 0 Å². The molecule has 1 heterocycles. The fraction of sp³-hybridized carbons (Fsp3) is 0.647. The predicted octanol–water partition coefficient (Wildman–Crippen LogP) is 2.60. The quantitative estimate of drug-likeness (QED) is 0.748. The number of nitrogens with one attached hydrogen (secondary N) is 1. The molecular weight excluding hydrogens is 381 g/mol. The second-order valence-electron chi connectivity index (χ2n) is 6.63. The Morgan fingerprint density at radius 1 is 1.16 bits per heavy atom. The van der Waals surface area contributed by atoms with Crippen LogP contribution >= 0.6 is 24.8 Å². The molecule has 0 aliphatic carbocycles. The van der Waals surface area contributed by atoms with Crippen molar-refractivity contribution in [1.82, 2.24) is 14.5 Å². The molecule has 25 heavy (non-hydrogen) atoms. The third-order valence-electron chi connectivity index (χ3n) is 4.71. The van der Waals surface area contributed by atoms with Crippen LogP contribution in [0.1, 0.15) is 25.3 Å². The normalized spacial score (nSPS) is 21.0. The Balaban J connectivity index is 0.00000288. The van der Waals surface area contributed by atoms with Crippen molar-refractivity contribution in [3.05, 3.63) is 29.8 Å². The number of rotatable bonds is 7. The Morgan fingerprint density at radius 2 is 1.76 bits per heavy atom. The van der Waals surface area contributed by atoms with Gasteiger partial charge in [-0.1, -0.05) is 25.5 Å². The minimum absolute atomic E-state index is 0. The molecule has 0 radical (unpaired) electrons. The molecule has 0 saturated carbocycles. The molecule has 0 spiro atoms. The van der Waals surface area contributed by atoms with E-state index in [1.165, 1.54) is 19.9 Å². The lowest BCUT2D eigenvalue weighted by Gasteiger charge is -2.24. The smallest absolute Gasteiger partial charge is 0.240 e. The number of hydrogen-bond acceptors (Lipinski definition) is 4. The number of nitrogens with zero attached hydrogens (tertiary/aromatic N) is 2. The lowest BCUT2D eigenvalue weighted by atomic mass is 9.98. The van der Waals surface area contributed by atoms with Crippen LogP contribution in [0.25, 0.3) is 0 Å². The van der Waals surface area contributed by atoms with Crippen LogP contribution in [0.3, 0.4) is 0 Å². The monoisotopic (exact) mass is 411 g/mol. The van der Waals surface area contributed by atoms with Gasteiger partial charge in [0.1, 0.15) is 0 Å². The van der Waals surface area contributed by atoms with Gasteiger partial charge in [-0.2, -0.15) is 0 Å². The molecule has 0 unspecified atom stereocenters. The van der Waals surface area contributed by atoms with Crippen LogP contribution in [0.2, 0.25) is 0 Å². The van der Waals surface area contributed by atoms with Gasteiger partial charge < -0.3 is 4.90 Å². The van der Waals surface area contributed by atoms with Gasteiger partial charge in [-0.25, -0.2) is 13.1 Å². The number of likely N-dealkylation sites (N-methyl/N-ethyl adjacent to an activating group) is 1. The summed E-state index contributed by atoms with van der Waals surface area (Å²) >= 11 is 0. The van der Waals surface area contributed by atoms with E-state index in [0.717, 1.165) is 31.1 Å². The molecular formula is C17H31Cl2N3O2S. The molecule has 2 rings (SSSR count). The van der Waals surface area contributed by atoms with Crippen LogP contribution in [0.5, 0.6) is 0 Å². The molecule has 1 aromatic carbocycles. The van der Waals surface area contributed by atoms with E-state index in [1.807, 2.05) is 12.1 Å². The van der Waals surface area contributed by atoms with E-state index in [0.29, 0.717) is 10.9 Å². The first-order valence-electron chi connectivity index (χ1n) is 8.28. The lowest BCUT2D eigenvalue weighted by Crippen LogP contribution is -2.35. The van der Waals surface area contributed by atoms with Gasteiger partial charge in [0.05, 0.1) is 4.90 Å². The molecule has 1 aliphatic heterocycles. The van der Waals surface area contributed by atoms with E-state index < -0.39 is 10.0 Å². The molecule has 1 fully saturated rings. The molecule has 1 aliphatic rings. The minimum atomic E-state index is -3.35. The molecule has 0 amide bonds. The Bertz CT molecular complexity index is 609. The van der Waals surface area contributed by atoms with Gasteiger partial charge in [0.2, 0.25) is 10.0 Å². The van der Waals surface area contributed by atoms with E-state index >= 15 is 0 Å². The van der Waals surface area contributed by atoms with Crippen molar-refractivity contribution in [3.8, 4) is 0 Å². The molecule has 1 N–H and O–H groups in total. The second-order valence-corrected chi connectivity index (χ2v) is 8.51. The van der Waals surface area contributed by atoms with Crippen molar-refractivity contribution >= 4 is 34.8 Å². The summed E-state index contributed by atoms with van der Waals surface area (Å²) in [6.45, 7) is 5.32. The summed E-state index contributed by atoms with van der Waals surface area (Å²) in [5, 5.41) is 0. The summed E-state index contributed by atoms with van der Waals surface area (Å²) in [4.78, 5) is 5.13. The van der Waals surface area contributed by atoms with E-state index in [9.17, 15) is 8.42 Å². The Labute approximate surface area is 165 Å². The number of sulfonamides is 1. The first-order valence-corrected chi connectivity index (χ1v) is 9.77. The second kappa shape index (κ2) is 10.7. The van der Waals surface area contributed by atoms with Crippen LogP contribution < -0.4 is 4.72 Å². The van der Waals surface area contributed by atoms with E-state index in [-0.39, 0.29) is 24.8 Å². The Kier molecular flexibility index (Phi) is 10.5. The average molecular weight is 412 g/mol. The summed E-state index contributed by atoms with van der Waals surface area (Å²) in [5.74, 6) is 0.721. The molecule has 146 valence electrons. The first kappa shape index (κ1) is 24.6. The minimum Gasteiger partial charge on any atom is -0.305 e. The maximum Gasteiger partial charge on any atom is 0.240 e. The van der Waals surface area contributed by atoms with Gasteiger partial charge in [-0.05, 0) is 51.2 Å². The van der Waals surface area contributed by atoms with E-state index in [4.69, 9.17) is 0 Å². The zero-order valence-corrected chi connectivity index (χ0v) is 17.9. The van der Waals surface area contributed by atoms with Crippen LogP contribution in [0.4, 0.5) is 0 Å². The fourth-order valence-corrected chi connectivity index (χ4v) is 4.19. The van der Waals surface area contributed by atoms with E-state index in [1.54, 1.807) is 12.1 Å². The largest absolute Gasteiger partial charge is 0.305 e. The van der Waals surface area contributed by atoms with Crippen LogP contribution in [0.15, 0.2) is 29.2 Å². The number of benzene rings is 1. The molecule has 1 aromatic rings. The maximum atomic E-state index is 11.8. The van der Waals surface area contributed by atoms with Gasteiger partial charge in [-0.15, -0.1) is 24.8 Å². The third kappa shape index (κ3) is 6.38. The van der Waals surface area contributed by atoms with Crippen molar-refractivity contribution in [2.75, 3.05) is 34.2 Å². The highest BCUT2D eigenvalue weighted by Crippen LogP contribution is 2.26. The Hall–Kier alpha value is -0.370. The molecule has 8 heteroatoms. The van der Waals surface area contributed by atoms with Gasteiger partial charge in [0.15, 0.2) is 0 Å². The highest BCUT2D eigenvalue weighted by molar-refractivity contribution is 7.89. The predicted molar refractivity (Wildman–Crippen MR) is 108 cm³/mol. The fourth-order valence-electron chi connectivity index (χ4n) is 3.46. The van der Waals surface area contributed by atoms with Gasteiger partial charge in [0, 0.05) is 25.7 Å². The molecule has 5 nitrogen and oxygen atoms in total. The lowest BCUT2D eigenvalue weighted by molar-refractivity contribution is 0.239. The molecule has 0 aromatic heterocycles. The highest BCUT2D eigenvalue weighted by atomic mass is 35.5. The standard InChI is InChI=1S/C17H29N3O2S.2ClH/c1-5-6-15-12-20(13-17(15)19(3)4)11-14-7-9-16(10-8-14)23(21,22)18-2;;/h7-10,15,17-18H,5-6,11-13H2,1-4H3;2*1H/t15-,17-;;/m0../s1. The summed E-state index contributed by atoms with van der Waals surface area (Å²) < 4.78 is 25.9. The van der Waals surface area contributed by atoms with Crippen molar-refractivity contribution in [2.24, 2.45) is 5.92 Å². The molecule has 0 bridgehead atoms. The summed E-state index contributed by atoms with van der Waals surface area (Å²) in [5.41, 5.74) is 1.16. The van der Waals surface area contributed by atoms with Gasteiger partial charge >= 0.3 is 0 Å². The van der Waals surface area contributed by atoms with Crippen LogP contribution in [-0.4, -0.2) is 58.5 Å². The van der Waals surface area contributed by atoms with Crippen LogP contribution in [-0.2, 0) is 16.6 Å². The Morgan fingerprint density at radius 3 is 2.24 bits per heavy atom. The van der Waals surface area contributed by atoms with Crippen molar-refractivity contribution < 1.29 is 8.42 Å². The first-order chi connectivity index (χ1) is 10.9. The zero-order valence-electron chi connectivity index (χ0n) is 15.4.